The summed E-state index contributed by atoms with van der Waals surface area (Å²) >= 11 is 1.68. The van der Waals surface area contributed by atoms with Crippen LogP contribution in [0.2, 0.25) is 0 Å². The predicted octanol–water partition coefficient (Wildman–Crippen LogP) is 8.22. The van der Waals surface area contributed by atoms with Crippen LogP contribution in [0.1, 0.15) is 15.4 Å². The third kappa shape index (κ3) is 4.84. The van der Waals surface area contributed by atoms with Crippen molar-refractivity contribution < 1.29 is 28.6 Å². The van der Waals surface area contributed by atoms with Crippen LogP contribution in [0.25, 0.3) is 54.7 Å². The van der Waals surface area contributed by atoms with Gasteiger partial charge in [0.2, 0.25) is 5.71 Å². The molecule has 0 unspecified atom stereocenters. The van der Waals surface area contributed by atoms with E-state index in [1.54, 1.807) is 29.8 Å². The van der Waals surface area contributed by atoms with E-state index in [2.05, 4.69) is 39.4 Å². The number of nitrogens with zero attached hydrogens (tertiary/aromatic N) is 3. The van der Waals surface area contributed by atoms with Gasteiger partial charge < -0.3 is 14.4 Å². The van der Waals surface area contributed by atoms with Gasteiger partial charge in [0.05, 0.1) is 5.58 Å². The van der Waals surface area contributed by atoms with Gasteiger partial charge in [0.15, 0.2) is 0 Å². The van der Waals surface area contributed by atoms with Crippen LogP contribution in [0.4, 0.5) is 0 Å². The van der Waals surface area contributed by atoms with Gasteiger partial charge in [0.25, 0.3) is 0 Å². The molecule has 37 heavy (non-hydrogen) atoms. The molecule has 183 valence electrons. The quantitative estimate of drug-likeness (QED) is 0.173. The number of thiophene rings is 1. The number of benzene rings is 2. The second-order valence-corrected chi connectivity index (χ2v) is 9.10. The number of fused-ring (bicyclic) bond motifs is 4. The van der Waals surface area contributed by atoms with Crippen LogP contribution < -0.4 is 0 Å². The first-order chi connectivity index (χ1) is 18.9. The monoisotopic (exact) mass is 679 g/mol. The van der Waals surface area contributed by atoms with Gasteiger partial charge in [-0.25, -0.2) is 4.98 Å². The molecule has 2 aromatic carbocycles. The van der Waals surface area contributed by atoms with E-state index in [1.165, 1.54) is 6.07 Å². The summed E-state index contributed by atoms with van der Waals surface area (Å²) in [7, 11) is 0. The summed E-state index contributed by atoms with van der Waals surface area (Å²) in [5.41, 5.74) is 5.69. The molecule has 0 saturated heterocycles. The first kappa shape index (κ1) is 21.4. The summed E-state index contributed by atoms with van der Waals surface area (Å²) in [5.74, 6) is 0. The van der Waals surface area contributed by atoms with Crippen LogP contribution in [0.15, 0.2) is 95.0 Å². The standard InChI is InChI=1S/C20H13N2OS.C11H8N.Ir/c1-11-10-24-16-8-9-21-18(17(11)16)15-5-3-4-13-14-7-6-12(2)22-20(14)23-19(13)15;1-2-6-10(7-3-1)11-8-4-5-9-12-11;/h3-4,6-10H,1-2H3;1-6,8-9H;/q2*-1;/i2D3;;. The molecule has 0 aliphatic heterocycles. The molecule has 0 spiro atoms. The van der Waals surface area contributed by atoms with E-state index < -0.39 is 6.85 Å². The summed E-state index contributed by atoms with van der Waals surface area (Å²) in [6, 6.07) is 29.1. The third-order valence-electron chi connectivity index (χ3n) is 5.86. The first-order valence-electron chi connectivity index (χ1n) is 12.9. The van der Waals surface area contributed by atoms with Crippen LogP contribution in [0.5, 0.6) is 0 Å². The maximum Gasteiger partial charge on any atom is 0.216 e. The van der Waals surface area contributed by atoms with Crippen molar-refractivity contribution in [2.45, 2.75) is 13.8 Å². The predicted molar refractivity (Wildman–Crippen MR) is 147 cm³/mol. The zero-order chi connectivity index (χ0) is 27.0. The molecule has 0 amide bonds. The van der Waals surface area contributed by atoms with E-state index in [4.69, 9.17) is 8.53 Å². The molecule has 1 radical (unpaired) electrons. The maximum atomic E-state index is 7.57. The second-order valence-electron chi connectivity index (χ2n) is 8.19. The van der Waals surface area contributed by atoms with E-state index in [0.29, 0.717) is 11.3 Å². The maximum absolute atomic E-state index is 7.57. The molecule has 6 heteroatoms. The topological polar surface area (TPSA) is 51.8 Å². The number of hydrogen-bond donors (Lipinski definition) is 0. The Bertz CT molecular complexity index is 1880. The van der Waals surface area contributed by atoms with Crippen molar-refractivity contribution in [2.24, 2.45) is 0 Å². The van der Waals surface area contributed by atoms with Gasteiger partial charge >= 0.3 is 0 Å². The zero-order valence-corrected chi connectivity index (χ0v) is 22.9. The largest absolute Gasteiger partial charge is 0.486 e. The Labute approximate surface area is 236 Å². The number of hydrogen-bond acceptors (Lipinski definition) is 5. The van der Waals surface area contributed by atoms with E-state index in [0.717, 1.165) is 48.9 Å². The van der Waals surface area contributed by atoms with Crippen molar-refractivity contribution in [3.05, 3.63) is 114 Å². The fourth-order valence-corrected chi connectivity index (χ4v) is 5.13. The molecule has 5 heterocycles. The number of pyridine rings is 3. The van der Waals surface area contributed by atoms with Gasteiger partial charge in [0.1, 0.15) is 0 Å². The number of aromatic nitrogens is 3. The Balaban J connectivity index is 0.000000209. The normalized spacial score (nSPS) is 12.3. The van der Waals surface area contributed by atoms with Crippen LogP contribution in [-0.4, -0.2) is 15.0 Å². The van der Waals surface area contributed by atoms with Crippen molar-refractivity contribution >= 4 is 43.5 Å². The van der Waals surface area contributed by atoms with Gasteiger partial charge in [-0.15, -0.1) is 65.4 Å². The Hall–Kier alpha value is -3.70. The third-order valence-corrected chi connectivity index (χ3v) is 6.92. The van der Waals surface area contributed by atoms with Crippen LogP contribution in [-0.2, 0) is 20.1 Å². The molecule has 0 fully saturated rings. The van der Waals surface area contributed by atoms with Crippen molar-refractivity contribution in [1.82, 2.24) is 15.0 Å². The van der Waals surface area contributed by atoms with Gasteiger partial charge in [-0.3, -0.25) is 0 Å². The average molecular weight is 679 g/mol. The summed E-state index contributed by atoms with van der Waals surface area (Å²) in [6.45, 7) is -0.212. The van der Waals surface area contributed by atoms with Crippen molar-refractivity contribution in [3.63, 3.8) is 0 Å². The van der Waals surface area contributed by atoms with Gasteiger partial charge in [-0.1, -0.05) is 23.1 Å². The summed E-state index contributed by atoms with van der Waals surface area (Å²) < 4.78 is 29.9. The first-order valence-corrected chi connectivity index (χ1v) is 12.2. The Morgan fingerprint density at radius 2 is 1.81 bits per heavy atom. The van der Waals surface area contributed by atoms with Crippen molar-refractivity contribution in [2.75, 3.05) is 0 Å². The minimum absolute atomic E-state index is 0. The molecule has 0 N–H and O–H groups in total. The van der Waals surface area contributed by atoms with Gasteiger partial charge in [-0.2, -0.15) is 0 Å². The minimum Gasteiger partial charge on any atom is -0.486 e. The molecule has 7 rings (SSSR count). The van der Waals surface area contributed by atoms with Crippen molar-refractivity contribution in [1.29, 1.82) is 0 Å². The Morgan fingerprint density at radius 1 is 0.892 bits per heavy atom. The molecule has 4 nitrogen and oxygen atoms in total. The Kier molecular flexibility index (Phi) is 6.20. The van der Waals surface area contributed by atoms with E-state index >= 15 is 0 Å². The van der Waals surface area contributed by atoms with Crippen LogP contribution in [0.3, 0.4) is 0 Å². The molecule has 0 atom stereocenters. The molecular formula is C31H21IrN3OS-2. The SMILES string of the molecule is [2H]C([2H])([2H])c1ccc2c(n1)oc1c(-c3nccc4scc(C)c34)[c-]ccc12.[Ir].[c-]1ccccc1-c1ccccn1. The smallest absolute Gasteiger partial charge is 0.216 e. The summed E-state index contributed by atoms with van der Waals surface area (Å²) in [4.78, 5) is 13.0. The molecule has 0 bridgehead atoms. The van der Waals surface area contributed by atoms with Crippen LogP contribution >= 0.6 is 11.3 Å². The molecule has 5 aromatic heterocycles. The molecule has 0 aliphatic carbocycles. The average Bonchev–Trinajstić information content (AvgIpc) is 3.54. The molecule has 0 saturated carbocycles. The van der Waals surface area contributed by atoms with E-state index in [-0.39, 0.29) is 25.8 Å². The second kappa shape index (κ2) is 10.7. The fourth-order valence-electron chi connectivity index (χ4n) is 4.20. The molecule has 0 aliphatic rings. The van der Waals surface area contributed by atoms with Gasteiger partial charge in [0, 0.05) is 58.1 Å². The number of furan rings is 1. The summed E-state index contributed by atoms with van der Waals surface area (Å²) in [5, 5.41) is 4.85. The molecular weight excluding hydrogens is 655 g/mol. The van der Waals surface area contributed by atoms with E-state index in [1.807, 2.05) is 60.7 Å². The number of rotatable bonds is 2. The fraction of sp³-hybridized carbons (Fsp3) is 0.0645. The zero-order valence-electron chi connectivity index (χ0n) is 22.7. The Morgan fingerprint density at radius 3 is 2.62 bits per heavy atom. The van der Waals surface area contributed by atoms with E-state index in [9.17, 15) is 0 Å². The van der Waals surface area contributed by atoms with Gasteiger partial charge in [-0.05, 0) is 60.1 Å². The molecule has 7 aromatic rings. The number of aryl methyl sites for hydroxylation is 2. The van der Waals surface area contributed by atoms with Crippen LogP contribution in [0, 0.1) is 25.9 Å². The van der Waals surface area contributed by atoms with Crippen molar-refractivity contribution in [3.8, 4) is 22.5 Å². The minimum atomic E-state index is -2.27. The summed E-state index contributed by atoms with van der Waals surface area (Å²) in [6.07, 6.45) is 3.57.